The summed E-state index contributed by atoms with van der Waals surface area (Å²) < 4.78 is 21.7. The fourth-order valence-corrected chi connectivity index (χ4v) is 3.71. The average Bonchev–Trinajstić information content (AvgIpc) is 3.35. The first-order valence-corrected chi connectivity index (χ1v) is 10.4. The zero-order valence-corrected chi connectivity index (χ0v) is 18.3. The van der Waals surface area contributed by atoms with Gasteiger partial charge in [-0.05, 0) is 37.0 Å². The van der Waals surface area contributed by atoms with Crippen LogP contribution in [0.4, 0.5) is 0 Å². The van der Waals surface area contributed by atoms with E-state index in [1.54, 1.807) is 38.4 Å². The molecule has 1 saturated heterocycles. The number of benzene rings is 2. The number of hydrogen-bond acceptors (Lipinski definition) is 6. The van der Waals surface area contributed by atoms with Crippen LogP contribution in [0.5, 0.6) is 17.2 Å². The van der Waals surface area contributed by atoms with Gasteiger partial charge in [0, 0.05) is 25.1 Å². The van der Waals surface area contributed by atoms with Gasteiger partial charge in [0.05, 0.1) is 21.3 Å². The highest BCUT2D eigenvalue weighted by atomic mass is 16.5. The van der Waals surface area contributed by atoms with Crippen LogP contribution in [0.1, 0.15) is 36.5 Å². The summed E-state index contributed by atoms with van der Waals surface area (Å²) in [7, 11) is 4.63. The molecule has 0 spiro atoms. The molecule has 31 heavy (non-hydrogen) atoms. The molecule has 3 rings (SSSR count). The van der Waals surface area contributed by atoms with E-state index in [9.17, 15) is 9.59 Å². The maximum atomic E-state index is 13.0. The highest BCUT2D eigenvalue weighted by Gasteiger charge is 2.30. The van der Waals surface area contributed by atoms with Crippen LogP contribution >= 0.6 is 0 Å². The molecule has 2 aromatic carbocycles. The van der Waals surface area contributed by atoms with Crippen LogP contribution in [0.25, 0.3) is 0 Å². The first-order chi connectivity index (χ1) is 15.1. The Kier molecular flexibility index (Phi) is 7.76. The molecule has 1 heterocycles. The van der Waals surface area contributed by atoms with E-state index in [-0.39, 0.29) is 12.3 Å². The third-order valence-electron chi connectivity index (χ3n) is 5.34. The van der Waals surface area contributed by atoms with Crippen LogP contribution in [0.15, 0.2) is 42.5 Å². The van der Waals surface area contributed by atoms with E-state index in [1.165, 1.54) is 0 Å². The Morgan fingerprint density at radius 3 is 2.10 bits per heavy atom. The summed E-state index contributed by atoms with van der Waals surface area (Å²) in [5, 5.41) is 0. The number of amides is 1. The number of hydrogen-bond donors (Lipinski definition) is 0. The topological polar surface area (TPSA) is 74.3 Å². The second-order valence-corrected chi connectivity index (χ2v) is 7.35. The zero-order valence-electron chi connectivity index (χ0n) is 18.3. The highest BCUT2D eigenvalue weighted by molar-refractivity contribution is 5.85. The first kappa shape index (κ1) is 22.5. The average molecular weight is 427 g/mol. The van der Waals surface area contributed by atoms with Crippen molar-refractivity contribution in [3.05, 3.63) is 53.6 Å². The fraction of sp³-hybridized carbons (Fsp3) is 0.417. The number of aryl methyl sites for hydroxylation is 1. The lowest BCUT2D eigenvalue weighted by atomic mass is 10.1. The molecule has 0 N–H and O–H groups in total. The van der Waals surface area contributed by atoms with Gasteiger partial charge in [0.25, 0.3) is 5.91 Å². The van der Waals surface area contributed by atoms with Gasteiger partial charge >= 0.3 is 5.97 Å². The van der Waals surface area contributed by atoms with Crippen LogP contribution in [-0.2, 0) is 20.7 Å². The minimum atomic E-state index is -0.924. The third-order valence-corrected chi connectivity index (χ3v) is 5.34. The molecule has 0 unspecified atom stereocenters. The van der Waals surface area contributed by atoms with Crippen molar-refractivity contribution in [1.29, 1.82) is 0 Å². The number of methoxy groups -OCH3 is 3. The van der Waals surface area contributed by atoms with Gasteiger partial charge in [-0.2, -0.15) is 0 Å². The number of esters is 1. The van der Waals surface area contributed by atoms with Crippen molar-refractivity contribution >= 4 is 11.9 Å². The van der Waals surface area contributed by atoms with Crippen molar-refractivity contribution in [3.8, 4) is 17.2 Å². The Balaban J connectivity index is 1.70. The largest absolute Gasteiger partial charge is 0.493 e. The molecule has 1 aliphatic rings. The molecule has 1 fully saturated rings. The van der Waals surface area contributed by atoms with Crippen molar-refractivity contribution in [2.24, 2.45) is 0 Å². The van der Waals surface area contributed by atoms with Crippen LogP contribution in [-0.4, -0.2) is 51.2 Å². The maximum absolute atomic E-state index is 13.0. The Morgan fingerprint density at radius 2 is 1.55 bits per heavy atom. The van der Waals surface area contributed by atoms with Crippen molar-refractivity contribution < 1.29 is 28.5 Å². The summed E-state index contributed by atoms with van der Waals surface area (Å²) in [4.78, 5) is 27.4. The molecule has 166 valence electrons. The monoisotopic (exact) mass is 427 g/mol. The van der Waals surface area contributed by atoms with Crippen molar-refractivity contribution in [2.45, 2.75) is 31.8 Å². The number of ether oxygens (including phenoxy) is 4. The number of carbonyl (C=O) groups excluding carboxylic acids is 2. The van der Waals surface area contributed by atoms with E-state index >= 15 is 0 Å². The van der Waals surface area contributed by atoms with Gasteiger partial charge in [-0.1, -0.05) is 30.3 Å². The van der Waals surface area contributed by atoms with Crippen molar-refractivity contribution in [3.63, 3.8) is 0 Å². The molecule has 1 amide bonds. The molecule has 1 aliphatic heterocycles. The molecule has 1 atom stereocenters. The lowest BCUT2D eigenvalue weighted by molar-refractivity contribution is -0.160. The lowest BCUT2D eigenvalue weighted by Gasteiger charge is -2.23. The summed E-state index contributed by atoms with van der Waals surface area (Å²) >= 11 is 0. The quantitative estimate of drug-likeness (QED) is 0.570. The molecule has 0 aliphatic carbocycles. The Labute approximate surface area is 182 Å². The third kappa shape index (κ3) is 5.48. The van der Waals surface area contributed by atoms with Crippen LogP contribution in [0.3, 0.4) is 0 Å². The van der Waals surface area contributed by atoms with Gasteiger partial charge in [-0.25, -0.2) is 0 Å². The van der Waals surface area contributed by atoms with E-state index in [4.69, 9.17) is 18.9 Å². The summed E-state index contributed by atoms with van der Waals surface area (Å²) in [6.45, 7) is 1.40. The Morgan fingerprint density at radius 1 is 0.935 bits per heavy atom. The van der Waals surface area contributed by atoms with E-state index in [1.807, 2.05) is 30.3 Å². The van der Waals surface area contributed by atoms with Crippen molar-refractivity contribution in [1.82, 2.24) is 4.90 Å². The van der Waals surface area contributed by atoms with Crippen LogP contribution in [0, 0.1) is 0 Å². The smallest absolute Gasteiger partial charge is 0.307 e. The zero-order chi connectivity index (χ0) is 22.2. The van der Waals surface area contributed by atoms with E-state index in [0.29, 0.717) is 42.3 Å². The second-order valence-electron chi connectivity index (χ2n) is 7.35. The number of carbonyl (C=O) groups is 2. The first-order valence-electron chi connectivity index (χ1n) is 10.4. The molecular weight excluding hydrogens is 398 g/mol. The summed E-state index contributed by atoms with van der Waals surface area (Å²) in [6.07, 6.45) is 1.56. The molecule has 0 radical (unpaired) electrons. The molecule has 0 aromatic heterocycles. The second kappa shape index (κ2) is 10.7. The van der Waals surface area contributed by atoms with Crippen LogP contribution in [0.2, 0.25) is 0 Å². The van der Waals surface area contributed by atoms with Gasteiger partial charge in [0.1, 0.15) is 0 Å². The number of rotatable bonds is 9. The van der Waals surface area contributed by atoms with Gasteiger partial charge in [-0.3, -0.25) is 9.59 Å². The lowest BCUT2D eigenvalue weighted by Crippen LogP contribution is -2.34. The predicted octanol–water partition coefficient (Wildman–Crippen LogP) is 3.55. The standard InChI is InChI=1S/C24H29NO6/c1-28-19-15-17(16-20(29-2)23(19)30-3)11-12-21(26)31-22(18-9-5-4-6-10-18)24(27)25-13-7-8-14-25/h4-6,9-10,15-16,22H,7-8,11-14H2,1-3H3/t22-/m0/s1. The number of likely N-dealkylation sites (tertiary alicyclic amines) is 1. The minimum Gasteiger partial charge on any atom is -0.493 e. The van der Waals surface area contributed by atoms with Crippen LogP contribution < -0.4 is 14.2 Å². The Bertz CT molecular complexity index is 867. The molecule has 0 bridgehead atoms. The fourth-order valence-electron chi connectivity index (χ4n) is 3.71. The molecular formula is C24H29NO6. The predicted molar refractivity (Wildman–Crippen MR) is 116 cm³/mol. The normalized spacial score (nSPS) is 14.1. The molecule has 0 saturated carbocycles. The van der Waals surface area contributed by atoms with E-state index in [2.05, 4.69) is 0 Å². The maximum Gasteiger partial charge on any atom is 0.307 e. The molecule has 2 aromatic rings. The minimum absolute atomic E-state index is 0.120. The van der Waals surface area contributed by atoms with Gasteiger partial charge in [0.15, 0.2) is 11.5 Å². The summed E-state index contributed by atoms with van der Waals surface area (Å²) in [6, 6.07) is 12.8. The highest BCUT2D eigenvalue weighted by Crippen LogP contribution is 2.38. The van der Waals surface area contributed by atoms with E-state index in [0.717, 1.165) is 18.4 Å². The molecule has 7 nitrogen and oxygen atoms in total. The summed E-state index contributed by atoms with van der Waals surface area (Å²) in [5.74, 6) is 0.949. The molecule has 7 heteroatoms. The van der Waals surface area contributed by atoms with Gasteiger partial charge in [0.2, 0.25) is 11.9 Å². The van der Waals surface area contributed by atoms with Crippen molar-refractivity contribution in [2.75, 3.05) is 34.4 Å². The van der Waals surface area contributed by atoms with Gasteiger partial charge < -0.3 is 23.8 Å². The Hall–Kier alpha value is -3.22. The van der Waals surface area contributed by atoms with E-state index < -0.39 is 12.1 Å². The summed E-state index contributed by atoms with van der Waals surface area (Å²) in [5.41, 5.74) is 1.52. The van der Waals surface area contributed by atoms with Gasteiger partial charge in [-0.15, -0.1) is 0 Å². The number of nitrogens with zero attached hydrogens (tertiary/aromatic N) is 1. The SMILES string of the molecule is COc1cc(CCC(=O)O[C@H](C(=O)N2CCCC2)c2ccccc2)cc(OC)c1OC.